The fraction of sp³-hybridized carbons (Fsp3) is 0.625. The van der Waals surface area contributed by atoms with Gasteiger partial charge in [0.2, 0.25) is 5.95 Å². The van der Waals surface area contributed by atoms with Gasteiger partial charge >= 0.3 is 6.09 Å². The van der Waals surface area contributed by atoms with Crippen LogP contribution in [0.4, 0.5) is 10.7 Å². The minimum atomic E-state index is -0.643. The number of likely N-dealkylation sites (tertiary alicyclic amines) is 1. The number of amides is 2. The molecule has 1 aromatic rings. The number of rotatable bonds is 3. The molecule has 1 aliphatic carbocycles. The van der Waals surface area contributed by atoms with Gasteiger partial charge in [0.1, 0.15) is 6.10 Å². The fourth-order valence-corrected chi connectivity index (χ4v) is 4.00. The molecule has 1 saturated carbocycles. The second kappa shape index (κ2) is 6.47. The average molecular weight is 347 g/mol. The summed E-state index contributed by atoms with van der Waals surface area (Å²) in [5.41, 5.74) is 1.75. The summed E-state index contributed by atoms with van der Waals surface area (Å²) in [6, 6.07) is 0.279. The number of anilines is 1. The third kappa shape index (κ3) is 2.99. The third-order valence-electron chi connectivity index (χ3n) is 5.30. The van der Waals surface area contributed by atoms with Crippen LogP contribution in [0.1, 0.15) is 42.5 Å². The highest BCUT2D eigenvalue weighted by Gasteiger charge is 2.47. The minimum absolute atomic E-state index is 0.0799. The Kier molecular flexibility index (Phi) is 4.16. The molecule has 2 bridgehead atoms. The number of nitrogens with zero attached hydrogens (tertiary/aromatic N) is 4. The summed E-state index contributed by atoms with van der Waals surface area (Å²) in [5.74, 6) is -0.110. The van der Waals surface area contributed by atoms with E-state index in [2.05, 4.69) is 14.9 Å². The summed E-state index contributed by atoms with van der Waals surface area (Å²) in [6.45, 7) is 1.27. The number of hydrogen-bond donors (Lipinski definition) is 2. The van der Waals surface area contributed by atoms with Gasteiger partial charge < -0.3 is 14.5 Å². The predicted octanol–water partition coefficient (Wildman–Crippen LogP) is 0.938. The van der Waals surface area contributed by atoms with E-state index in [0.717, 1.165) is 32.1 Å². The van der Waals surface area contributed by atoms with Crippen molar-refractivity contribution >= 4 is 17.9 Å². The molecule has 1 unspecified atom stereocenters. The zero-order valence-corrected chi connectivity index (χ0v) is 13.8. The molecule has 1 aromatic heterocycles. The van der Waals surface area contributed by atoms with E-state index in [0.29, 0.717) is 19.0 Å². The molecule has 2 N–H and O–H groups in total. The number of aromatic nitrogens is 2. The molecular formula is C16H21N5O4. The maximum absolute atomic E-state index is 12.4. The van der Waals surface area contributed by atoms with Crippen LogP contribution >= 0.6 is 0 Å². The smallest absolute Gasteiger partial charge is 0.410 e. The van der Waals surface area contributed by atoms with Crippen molar-refractivity contribution in [1.29, 1.82) is 0 Å². The summed E-state index contributed by atoms with van der Waals surface area (Å²) in [5, 5.41) is 8.62. The van der Waals surface area contributed by atoms with Gasteiger partial charge in [0.25, 0.3) is 5.91 Å². The molecule has 2 saturated heterocycles. The lowest BCUT2D eigenvalue weighted by atomic mass is 10.2. The summed E-state index contributed by atoms with van der Waals surface area (Å²) >= 11 is 0. The van der Waals surface area contributed by atoms with Crippen LogP contribution in [0.15, 0.2) is 12.4 Å². The number of ether oxygens (including phenoxy) is 1. The highest BCUT2D eigenvalue weighted by molar-refractivity contribution is 5.92. The molecule has 2 amide bonds. The Bertz CT molecular complexity index is 661. The van der Waals surface area contributed by atoms with E-state index < -0.39 is 5.91 Å². The van der Waals surface area contributed by atoms with Crippen LogP contribution in [-0.2, 0) is 4.74 Å². The number of hydrogen-bond acceptors (Lipinski definition) is 7. The third-order valence-corrected chi connectivity index (χ3v) is 5.30. The van der Waals surface area contributed by atoms with Crippen molar-refractivity contribution in [2.75, 3.05) is 18.0 Å². The summed E-state index contributed by atoms with van der Waals surface area (Å²) in [4.78, 5) is 36.0. The van der Waals surface area contributed by atoms with Crippen molar-refractivity contribution in [2.24, 2.45) is 0 Å². The molecule has 9 heteroatoms. The molecule has 2 atom stereocenters. The molecule has 25 heavy (non-hydrogen) atoms. The van der Waals surface area contributed by atoms with Crippen LogP contribution in [0.3, 0.4) is 0 Å². The maximum Gasteiger partial charge on any atom is 0.410 e. The second-order valence-electron chi connectivity index (χ2n) is 6.85. The Morgan fingerprint density at radius 1 is 1.16 bits per heavy atom. The van der Waals surface area contributed by atoms with Crippen LogP contribution < -0.4 is 10.4 Å². The van der Waals surface area contributed by atoms with Gasteiger partial charge in [-0.1, -0.05) is 0 Å². The van der Waals surface area contributed by atoms with Gasteiger partial charge in [0.05, 0.1) is 17.6 Å². The van der Waals surface area contributed by atoms with E-state index >= 15 is 0 Å². The van der Waals surface area contributed by atoms with Crippen molar-refractivity contribution < 1.29 is 19.5 Å². The Labute approximate surface area is 144 Å². The Morgan fingerprint density at radius 2 is 1.88 bits per heavy atom. The first-order valence-corrected chi connectivity index (χ1v) is 8.66. The molecule has 4 rings (SSSR count). The number of carbonyl (C=O) groups excluding carboxylic acids is 2. The number of fused-ring (bicyclic) bond motifs is 2. The summed E-state index contributed by atoms with van der Waals surface area (Å²) in [7, 11) is 0. The molecule has 2 aliphatic heterocycles. The van der Waals surface area contributed by atoms with Gasteiger partial charge in [-0.15, -0.1) is 0 Å². The van der Waals surface area contributed by atoms with Gasteiger partial charge in [-0.25, -0.2) is 20.2 Å². The van der Waals surface area contributed by atoms with E-state index in [1.807, 2.05) is 4.90 Å². The van der Waals surface area contributed by atoms with E-state index in [1.54, 1.807) is 5.48 Å². The maximum atomic E-state index is 12.4. The lowest BCUT2D eigenvalue weighted by Crippen LogP contribution is -2.50. The number of carbonyl (C=O) groups is 2. The minimum Gasteiger partial charge on any atom is -0.446 e. The highest BCUT2D eigenvalue weighted by atomic mass is 16.6. The molecule has 3 heterocycles. The molecule has 3 aliphatic rings. The van der Waals surface area contributed by atoms with E-state index in [9.17, 15) is 9.59 Å². The molecule has 0 aromatic carbocycles. The predicted molar refractivity (Wildman–Crippen MR) is 86.3 cm³/mol. The average Bonchev–Trinajstić information content (AvgIpc) is 3.37. The zero-order valence-electron chi connectivity index (χ0n) is 13.8. The van der Waals surface area contributed by atoms with Crippen molar-refractivity contribution in [3.63, 3.8) is 0 Å². The molecular weight excluding hydrogens is 326 g/mol. The first kappa shape index (κ1) is 16.1. The van der Waals surface area contributed by atoms with Crippen LogP contribution in [0.2, 0.25) is 0 Å². The van der Waals surface area contributed by atoms with Crippen LogP contribution in [0.5, 0.6) is 0 Å². The van der Waals surface area contributed by atoms with Crippen molar-refractivity contribution in [2.45, 2.75) is 50.3 Å². The number of nitrogens with one attached hydrogen (secondary N) is 1. The standard InChI is InChI=1S/C16H21N5O4/c22-14(19-24)10-6-17-15(18-7-10)20-8-12-5-11(20)9-21(12)16(23)25-13-3-1-2-4-13/h6-7,11-13,24H,1-5,8-9H2,(H,19,22)/t11-,12?/m0/s1. The van der Waals surface area contributed by atoms with Gasteiger partial charge in [-0.05, 0) is 32.1 Å². The summed E-state index contributed by atoms with van der Waals surface area (Å²) in [6.07, 6.45) is 7.74. The Balaban J connectivity index is 1.37. The van der Waals surface area contributed by atoms with Gasteiger partial charge in [-0.3, -0.25) is 10.0 Å². The Morgan fingerprint density at radius 3 is 2.48 bits per heavy atom. The molecule has 134 valence electrons. The quantitative estimate of drug-likeness (QED) is 0.619. The largest absolute Gasteiger partial charge is 0.446 e. The fourth-order valence-electron chi connectivity index (χ4n) is 4.00. The highest BCUT2D eigenvalue weighted by Crippen LogP contribution is 2.34. The topological polar surface area (TPSA) is 108 Å². The summed E-state index contributed by atoms with van der Waals surface area (Å²) < 4.78 is 5.61. The monoisotopic (exact) mass is 347 g/mol. The van der Waals surface area contributed by atoms with Gasteiger partial charge in [0, 0.05) is 25.5 Å². The molecule has 0 spiro atoms. The first-order valence-electron chi connectivity index (χ1n) is 8.66. The first-order chi connectivity index (χ1) is 12.2. The van der Waals surface area contributed by atoms with Crippen molar-refractivity contribution in [1.82, 2.24) is 20.3 Å². The normalized spacial score (nSPS) is 25.5. The van der Waals surface area contributed by atoms with Crippen molar-refractivity contribution in [3.8, 4) is 0 Å². The second-order valence-corrected chi connectivity index (χ2v) is 6.85. The molecule has 9 nitrogen and oxygen atoms in total. The number of hydroxylamine groups is 1. The number of piperazine rings is 1. The van der Waals surface area contributed by atoms with E-state index in [4.69, 9.17) is 9.94 Å². The van der Waals surface area contributed by atoms with Crippen LogP contribution in [0, 0.1) is 0 Å². The zero-order chi connectivity index (χ0) is 17.4. The van der Waals surface area contributed by atoms with E-state index in [-0.39, 0.29) is 29.8 Å². The molecule has 0 radical (unpaired) electrons. The molecule has 3 fully saturated rings. The lowest BCUT2D eigenvalue weighted by molar-refractivity contribution is 0.0603. The Hall–Kier alpha value is -2.42. The van der Waals surface area contributed by atoms with Gasteiger partial charge in [0.15, 0.2) is 0 Å². The van der Waals surface area contributed by atoms with Crippen LogP contribution in [-0.4, -0.2) is 63.4 Å². The van der Waals surface area contributed by atoms with E-state index in [1.165, 1.54) is 12.4 Å². The van der Waals surface area contributed by atoms with Gasteiger partial charge in [-0.2, -0.15) is 0 Å². The lowest BCUT2D eigenvalue weighted by Gasteiger charge is -2.34. The SMILES string of the molecule is O=C(NO)c1cnc(N2CC3C[C@H]2CN3C(=O)OC2CCCC2)nc1. The van der Waals surface area contributed by atoms with Crippen LogP contribution in [0.25, 0.3) is 0 Å². The van der Waals surface area contributed by atoms with Crippen molar-refractivity contribution in [3.05, 3.63) is 18.0 Å².